The van der Waals surface area contributed by atoms with Crippen LogP contribution in [0.25, 0.3) is 0 Å². The second-order valence-corrected chi connectivity index (χ2v) is 8.33. The van der Waals surface area contributed by atoms with E-state index in [-0.39, 0.29) is 29.0 Å². The third-order valence-electron chi connectivity index (χ3n) is 4.61. The predicted molar refractivity (Wildman–Crippen MR) is 117 cm³/mol. The molecule has 0 amide bonds. The molecule has 0 fully saturated rings. The van der Waals surface area contributed by atoms with Crippen molar-refractivity contribution in [3.05, 3.63) is 89.2 Å². The van der Waals surface area contributed by atoms with Gasteiger partial charge in [0, 0.05) is 23.0 Å². The van der Waals surface area contributed by atoms with Crippen molar-refractivity contribution in [3.8, 4) is 5.75 Å². The fraction of sp³-hybridized carbons (Fsp3) is 0.240. The Balaban J connectivity index is 2.07. The molecule has 0 radical (unpaired) electrons. The van der Waals surface area contributed by atoms with E-state index in [1.54, 1.807) is 26.8 Å². The van der Waals surface area contributed by atoms with Gasteiger partial charge in [0.25, 0.3) is 0 Å². The average molecular weight is 479 g/mol. The zero-order valence-electron chi connectivity index (χ0n) is 18.6. The number of carbonyl (C=O) groups is 1. The second kappa shape index (κ2) is 10.1. The van der Waals surface area contributed by atoms with E-state index in [1.807, 2.05) is 0 Å². The highest BCUT2D eigenvalue weighted by molar-refractivity contribution is 5.91. The lowest BCUT2D eigenvalue weighted by Crippen LogP contribution is -2.24. The molecule has 3 rings (SSSR count). The number of carbonyl (C=O) groups excluding carboxylic acids is 1. The van der Waals surface area contributed by atoms with Crippen molar-refractivity contribution < 1.29 is 36.2 Å². The highest BCUT2D eigenvalue weighted by Gasteiger charge is 2.22. The Bertz CT molecular complexity index is 1160. The molecule has 9 heteroatoms. The van der Waals surface area contributed by atoms with E-state index in [0.29, 0.717) is 0 Å². The number of ether oxygens (including phenoxy) is 2. The largest absolute Gasteiger partial charge is 0.456 e. The molecular weight excluding hydrogens is 457 g/mol. The Morgan fingerprint density at radius 1 is 0.882 bits per heavy atom. The third-order valence-corrected chi connectivity index (χ3v) is 4.61. The quantitative estimate of drug-likeness (QED) is 0.270. The van der Waals surface area contributed by atoms with E-state index >= 15 is 0 Å². The fourth-order valence-corrected chi connectivity index (χ4v) is 3.16. The van der Waals surface area contributed by atoms with E-state index in [9.17, 15) is 26.7 Å². The lowest BCUT2D eigenvalue weighted by molar-refractivity contribution is -0.0521. The van der Waals surface area contributed by atoms with Gasteiger partial charge in [-0.15, -0.1) is 0 Å². The zero-order chi connectivity index (χ0) is 25.0. The Hall–Kier alpha value is -3.62. The van der Waals surface area contributed by atoms with Crippen molar-refractivity contribution in [3.63, 3.8) is 0 Å². The van der Waals surface area contributed by atoms with Crippen molar-refractivity contribution in [1.82, 2.24) is 0 Å². The summed E-state index contributed by atoms with van der Waals surface area (Å²) < 4.78 is 77.8. The van der Waals surface area contributed by atoms with Gasteiger partial charge in [-0.2, -0.15) is 8.78 Å². The van der Waals surface area contributed by atoms with Gasteiger partial charge in [-0.3, -0.25) is 0 Å². The van der Waals surface area contributed by atoms with Gasteiger partial charge in [0.2, 0.25) is 0 Å². The molecule has 0 aliphatic carbocycles. The smallest absolute Gasteiger partial charge is 0.387 e. The van der Waals surface area contributed by atoms with Crippen LogP contribution in [0.1, 0.15) is 36.7 Å². The monoisotopic (exact) mass is 479 g/mol. The summed E-state index contributed by atoms with van der Waals surface area (Å²) in [6, 6.07) is 12.5. The van der Waals surface area contributed by atoms with Crippen LogP contribution in [0.2, 0.25) is 0 Å². The SMILES string of the molecule is CC(C)(C)OC(=O)c1cccc(N(Cc2c(F)cccc2F)c2ccc(OC(F)F)c(F)c2)c1. The first-order valence-electron chi connectivity index (χ1n) is 10.2. The summed E-state index contributed by atoms with van der Waals surface area (Å²) in [7, 11) is 0. The zero-order valence-corrected chi connectivity index (χ0v) is 18.6. The van der Waals surface area contributed by atoms with Crippen molar-refractivity contribution in [1.29, 1.82) is 0 Å². The van der Waals surface area contributed by atoms with Crippen molar-refractivity contribution in [2.45, 2.75) is 39.5 Å². The molecule has 34 heavy (non-hydrogen) atoms. The second-order valence-electron chi connectivity index (χ2n) is 8.33. The molecule has 0 aliphatic rings. The summed E-state index contributed by atoms with van der Waals surface area (Å²) in [6.07, 6.45) is 0. The summed E-state index contributed by atoms with van der Waals surface area (Å²) in [4.78, 5) is 13.9. The topological polar surface area (TPSA) is 38.8 Å². The van der Waals surface area contributed by atoms with Crippen LogP contribution in [0.3, 0.4) is 0 Å². The van der Waals surface area contributed by atoms with Crippen LogP contribution in [0.4, 0.5) is 33.3 Å². The number of esters is 1. The van der Waals surface area contributed by atoms with E-state index in [1.165, 1.54) is 35.2 Å². The van der Waals surface area contributed by atoms with Gasteiger partial charge in [0.05, 0.1) is 12.1 Å². The van der Waals surface area contributed by atoms with E-state index in [0.717, 1.165) is 24.3 Å². The number of halogens is 5. The number of nitrogens with zero attached hydrogens (tertiary/aromatic N) is 1. The molecule has 0 saturated carbocycles. The third kappa shape index (κ3) is 6.24. The molecule has 0 saturated heterocycles. The minimum atomic E-state index is -3.23. The van der Waals surface area contributed by atoms with Crippen LogP contribution >= 0.6 is 0 Å². The van der Waals surface area contributed by atoms with Crippen LogP contribution in [0, 0.1) is 17.5 Å². The Kier molecular flexibility index (Phi) is 7.44. The Morgan fingerprint density at radius 3 is 2.09 bits per heavy atom. The fourth-order valence-electron chi connectivity index (χ4n) is 3.16. The standard InChI is InChI=1S/C25H22F5NO3/c1-25(2,3)34-23(32)15-6-4-7-16(12-15)31(14-18-19(26)8-5-9-20(18)27)17-10-11-22(21(28)13-17)33-24(29)30/h4-13,24H,14H2,1-3H3. The molecule has 0 spiro atoms. The maximum atomic E-state index is 14.5. The maximum absolute atomic E-state index is 14.5. The van der Waals surface area contributed by atoms with Crippen LogP contribution in [-0.2, 0) is 11.3 Å². The molecule has 0 heterocycles. The summed E-state index contributed by atoms with van der Waals surface area (Å²) >= 11 is 0. The van der Waals surface area contributed by atoms with E-state index in [2.05, 4.69) is 4.74 Å². The van der Waals surface area contributed by atoms with Crippen LogP contribution in [0.15, 0.2) is 60.7 Å². The first-order chi connectivity index (χ1) is 15.9. The molecule has 0 atom stereocenters. The van der Waals surface area contributed by atoms with Gasteiger partial charge in [-0.25, -0.2) is 18.0 Å². The number of rotatable bonds is 7. The van der Waals surface area contributed by atoms with Gasteiger partial charge in [0.1, 0.15) is 17.2 Å². The summed E-state index contributed by atoms with van der Waals surface area (Å²) in [5.41, 5.74) is -0.536. The molecule has 0 aliphatic heterocycles. The molecule has 4 nitrogen and oxygen atoms in total. The minimum absolute atomic E-state index is 0.0862. The first-order valence-corrected chi connectivity index (χ1v) is 10.2. The van der Waals surface area contributed by atoms with Gasteiger partial charge >= 0.3 is 12.6 Å². The highest BCUT2D eigenvalue weighted by atomic mass is 19.3. The Labute approximate surface area is 193 Å². The summed E-state index contributed by atoms with van der Waals surface area (Å²) in [5.74, 6) is -4.06. The molecule has 180 valence electrons. The molecule has 3 aromatic carbocycles. The van der Waals surface area contributed by atoms with E-state index in [4.69, 9.17) is 4.74 Å². The maximum Gasteiger partial charge on any atom is 0.387 e. The molecule has 0 bridgehead atoms. The van der Waals surface area contributed by atoms with Gasteiger partial charge in [-0.1, -0.05) is 12.1 Å². The van der Waals surface area contributed by atoms with Crippen molar-refractivity contribution in [2.75, 3.05) is 4.90 Å². The molecule has 0 unspecified atom stereocenters. The molecular formula is C25H22F5NO3. The number of alkyl halides is 2. The summed E-state index contributed by atoms with van der Waals surface area (Å²) in [5, 5.41) is 0. The van der Waals surface area contributed by atoms with Crippen LogP contribution in [0.5, 0.6) is 5.75 Å². The highest BCUT2D eigenvalue weighted by Crippen LogP contribution is 2.33. The van der Waals surface area contributed by atoms with Crippen LogP contribution < -0.4 is 9.64 Å². The number of hydrogen-bond acceptors (Lipinski definition) is 4. The van der Waals surface area contributed by atoms with Crippen LogP contribution in [-0.4, -0.2) is 18.2 Å². The van der Waals surface area contributed by atoms with Gasteiger partial charge in [-0.05, 0) is 63.2 Å². The van der Waals surface area contributed by atoms with E-state index < -0.39 is 41.4 Å². The minimum Gasteiger partial charge on any atom is -0.456 e. The normalized spacial score (nSPS) is 11.4. The number of hydrogen-bond donors (Lipinski definition) is 0. The molecule has 0 aromatic heterocycles. The molecule has 3 aromatic rings. The molecule has 0 N–H and O–H groups in total. The predicted octanol–water partition coefficient (Wildman–Crippen LogP) is 7.00. The Morgan fingerprint density at radius 2 is 1.50 bits per heavy atom. The van der Waals surface area contributed by atoms with Crippen molar-refractivity contribution in [2.24, 2.45) is 0 Å². The number of anilines is 2. The average Bonchev–Trinajstić information content (AvgIpc) is 2.74. The number of benzene rings is 3. The lowest BCUT2D eigenvalue weighted by atomic mass is 10.1. The summed E-state index contributed by atoms with van der Waals surface area (Å²) in [6.45, 7) is 1.50. The van der Waals surface area contributed by atoms with Crippen molar-refractivity contribution >= 4 is 17.3 Å². The first kappa shape index (κ1) is 25.0. The van der Waals surface area contributed by atoms with Gasteiger partial charge < -0.3 is 14.4 Å². The van der Waals surface area contributed by atoms with Gasteiger partial charge in [0.15, 0.2) is 11.6 Å². The lowest BCUT2D eigenvalue weighted by Gasteiger charge is -2.27.